The molecule has 0 saturated heterocycles. The number of anilines is 1. The summed E-state index contributed by atoms with van der Waals surface area (Å²) < 4.78 is 0. The molecule has 2 aromatic rings. The first-order chi connectivity index (χ1) is 11.0. The van der Waals surface area contributed by atoms with Crippen molar-refractivity contribution in [1.29, 1.82) is 0 Å². The highest BCUT2D eigenvalue weighted by molar-refractivity contribution is 5.96. The summed E-state index contributed by atoms with van der Waals surface area (Å²) in [6.45, 7) is 0.195. The number of H-pyrrole nitrogens is 1. The lowest BCUT2D eigenvalue weighted by Gasteiger charge is -2.32. The molecule has 0 fully saturated rings. The number of hydrogen-bond donors (Lipinski definition) is 2. The standard InChI is InChI=1S/C15H17N5O3/c1-19(2)13-4-3-9(6-16-13)14(21)20-7-11-10(17-8-18-11)5-12(20)15(22)23/h3-4,6,8,12H,5,7H2,1-2H3,(H,17,18)(H,22,23)/t12-/m0/s1. The molecule has 1 atom stereocenters. The summed E-state index contributed by atoms with van der Waals surface area (Å²) >= 11 is 0. The van der Waals surface area contributed by atoms with Crippen LogP contribution in [0, 0.1) is 0 Å². The maximum Gasteiger partial charge on any atom is 0.326 e. The van der Waals surface area contributed by atoms with Crippen LogP contribution in [0.25, 0.3) is 0 Å². The van der Waals surface area contributed by atoms with Gasteiger partial charge in [0.15, 0.2) is 0 Å². The van der Waals surface area contributed by atoms with E-state index in [1.807, 2.05) is 19.0 Å². The minimum Gasteiger partial charge on any atom is -0.480 e. The maximum absolute atomic E-state index is 12.7. The van der Waals surface area contributed by atoms with Gasteiger partial charge in [-0.25, -0.2) is 14.8 Å². The number of rotatable bonds is 3. The summed E-state index contributed by atoms with van der Waals surface area (Å²) in [4.78, 5) is 38.7. The molecule has 0 unspecified atom stereocenters. The van der Waals surface area contributed by atoms with Crippen molar-refractivity contribution in [1.82, 2.24) is 19.9 Å². The Morgan fingerprint density at radius 1 is 1.35 bits per heavy atom. The summed E-state index contributed by atoms with van der Waals surface area (Å²) in [5.41, 5.74) is 1.83. The lowest BCUT2D eigenvalue weighted by molar-refractivity contribution is -0.142. The molecule has 8 heteroatoms. The lowest BCUT2D eigenvalue weighted by atomic mass is 10.0. The van der Waals surface area contributed by atoms with Crippen LogP contribution in [0.4, 0.5) is 5.82 Å². The molecule has 0 saturated carbocycles. The van der Waals surface area contributed by atoms with Crippen molar-refractivity contribution in [3.8, 4) is 0 Å². The summed E-state index contributed by atoms with van der Waals surface area (Å²) in [7, 11) is 3.71. The van der Waals surface area contributed by atoms with Crippen molar-refractivity contribution < 1.29 is 14.7 Å². The van der Waals surface area contributed by atoms with Gasteiger partial charge in [-0.15, -0.1) is 0 Å². The Morgan fingerprint density at radius 3 is 2.74 bits per heavy atom. The minimum absolute atomic E-state index is 0.195. The van der Waals surface area contributed by atoms with Crippen molar-refractivity contribution in [2.45, 2.75) is 19.0 Å². The third-order valence-corrected chi connectivity index (χ3v) is 3.90. The van der Waals surface area contributed by atoms with Crippen LogP contribution in [0.15, 0.2) is 24.7 Å². The molecule has 0 spiro atoms. The fourth-order valence-electron chi connectivity index (χ4n) is 2.61. The second kappa shape index (κ2) is 5.71. The van der Waals surface area contributed by atoms with E-state index in [0.717, 1.165) is 11.5 Å². The number of carbonyl (C=O) groups excluding carboxylic acids is 1. The molecule has 0 bridgehead atoms. The van der Waals surface area contributed by atoms with Crippen molar-refractivity contribution >= 4 is 17.7 Å². The number of aliphatic carboxylic acids is 1. The van der Waals surface area contributed by atoms with Gasteiger partial charge in [0.1, 0.15) is 11.9 Å². The molecule has 3 heterocycles. The summed E-state index contributed by atoms with van der Waals surface area (Å²) in [6, 6.07) is 2.47. The number of pyridine rings is 1. The van der Waals surface area contributed by atoms with E-state index in [2.05, 4.69) is 15.0 Å². The van der Waals surface area contributed by atoms with Crippen LogP contribution in [0.2, 0.25) is 0 Å². The predicted octanol–water partition coefficient (Wildman–Crippen LogP) is 0.522. The highest BCUT2D eigenvalue weighted by Crippen LogP contribution is 2.23. The first kappa shape index (κ1) is 15.0. The van der Waals surface area contributed by atoms with Gasteiger partial charge in [0, 0.05) is 26.7 Å². The quantitative estimate of drug-likeness (QED) is 0.856. The van der Waals surface area contributed by atoms with E-state index in [9.17, 15) is 14.7 Å². The van der Waals surface area contributed by atoms with E-state index in [1.165, 1.54) is 17.4 Å². The normalized spacial score (nSPS) is 16.8. The Labute approximate surface area is 132 Å². The molecular weight excluding hydrogens is 298 g/mol. The molecular formula is C15H17N5O3. The zero-order chi connectivity index (χ0) is 16.6. The number of aromatic nitrogens is 3. The summed E-state index contributed by atoms with van der Waals surface area (Å²) in [5, 5.41) is 9.43. The Balaban J connectivity index is 1.89. The highest BCUT2D eigenvalue weighted by atomic mass is 16.4. The Bertz CT molecular complexity index is 738. The molecule has 0 aromatic carbocycles. The van der Waals surface area contributed by atoms with Crippen LogP contribution >= 0.6 is 0 Å². The molecule has 3 rings (SSSR count). The first-order valence-electron chi connectivity index (χ1n) is 7.15. The molecule has 2 N–H and O–H groups in total. The third kappa shape index (κ3) is 2.75. The van der Waals surface area contributed by atoms with Crippen molar-refractivity contribution in [3.63, 3.8) is 0 Å². The van der Waals surface area contributed by atoms with E-state index in [-0.39, 0.29) is 18.9 Å². The zero-order valence-corrected chi connectivity index (χ0v) is 12.9. The van der Waals surface area contributed by atoms with Crippen LogP contribution in [0.1, 0.15) is 21.7 Å². The van der Waals surface area contributed by atoms with Crippen molar-refractivity contribution in [3.05, 3.63) is 41.6 Å². The fourth-order valence-corrected chi connectivity index (χ4v) is 2.61. The smallest absolute Gasteiger partial charge is 0.326 e. The molecule has 2 aromatic heterocycles. The lowest BCUT2D eigenvalue weighted by Crippen LogP contribution is -2.48. The van der Waals surface area contributed by atoms with Crippen LogP contribution in [0.3, 0.4) is 0 Å². The van der Waals surface area contributed by atoms with Crippen molar-refractivity contribution in [2.75, 3.05) is 19.0 Å². The van der Waals surface area contributed by atoms with Gasteiger partial charge in [-0.3, -0.25) is 4.79 Å². The maximum atomic E-state index is 12.7. The predicted molar refractivity (Wildman–Crippen MR) is 82.2 cm³/mol. The molecule has 120 valence electrons. The van der Waals surface area contributed by atoms with Crippen molar-refractivity contribution in [2.24, 2.45) is 0 Å². The van der Waals surface area contributed by atoms with Gasteiger partial charge in [0.05, 0.1) is 29.8 Å². The second-order valence-corrected chi connectivity index (χ2v) is 5.62. The topological polar surface area (TPSA) is 102 Å². The number of aromatic amines is 1. The van der Waals surface area contributed by atoms with Crippen LogP contribution < -0.4 is 4.90 Å². The Morgan fingerprint density at radius 2 is 2.13 bits per heavy atom. The molecule has 8 nitrogen and oxygen atoms in total. The number of amides is 1. The van der Waals surface area contributed by atoms with Gasteiger partial charge in [0.2, 0.25) is 0 Å². The molecule has 0 aliphatic carbocycles. The number of fused-ring (bicyclic) bond motifs is 1. The van der Waals surface area contributed by atoms with E-state index >= 15 is 0 Å². The van der Waals surface area contributed by atoms with E-state index in [1.54, 1.807) is 12.1 Å². The minimum atomic E-state index is -1.04. The Hall–Kier alpha value is -2.90. The average Bonchev–Trinajstić information content (AvgIpc) is 3.00. The molecule has 0 radical (unpaired) electrons. The fraction of sp³-hybridized carbons (Fsp3) is 0.333. The highest BCUT2D eigenvalue weighted by Gasteiger charge is 2.36. The van der Waals surface area contributed by atoms with Gasteiger partial charge < -0.3 is 19.9 Å². The molecule has 1 aliphatic rings. The number of carbonyl (C=O) groups is 2. The van der Waals surface area contributed by atoms with E-state index < -0.39 is 12.0 Å². The Kier molecular flexibility index (Phi) is 3.73. The van der Waals surface area contributed by atoms with Gasteiger partial charge >= 0.3 is 5.97 Å². The number of hydrogen-bond acceptors (Lipinski definition) is 5. The van der Waals surface area contributed by atoms with Crippen LogP contribution in [-0.4, -0.2) is 57.0 Å². The van der Waals surface area contributed by atoms with Gasteiger partial charge in [-0.2, -0.15) is 0 Å². The van der Waals surface area contributed by atoms with E-state index in [0.29, 0.717) is 11.3 Å². The van der Waals surface area contributed by atoms with E-state index in [4.69, 9.17) is 0 Å². The van der Waals surface area contributed by atoms with Gasteiger partial charge in [-0.05, 0) is 12.1 Å². The number of carboxylic acids is 1. The molecule has 1 aliphatic heterocycles. The SMILES string of the molecule is CN(C)c1ccc(C(=O)N2Cc3[nH]cnc3C[C@H]2C(=O)O)cn1. The number of carboxylic acid groups (broad SMARTS) is 1. The van der Waals surface area contributed by atoms with Crippen LogP contribution in [-0.2, 0) is 17.8 Å². The molecule has 1 amide bonds. The van der Waals surface area contributed by atoms with Gasteiger partial charge in [0.25, 0.3) is 5.91 Å². The zero-order valence-electron chi connectivity index (χ0n) is 12.9. The first-order valence-corrected chi connectivity index (χ1v) is 7.15. The summed E-state index contributed by atoms with van der Waals surface area (Å²) in [6.07, 6.45) is 3.19. The largest absolute Gasteiger partial charge is 0.480 e. The van der Waals surface area contributed by atoms with Crippen LogP contribution in [0.5, 0.6) is 0 Å². The molecule has 23 heavy (non-hydrogen) atoms. The average molecular weight is 315 g/mol. The third-order valence-electron chi connectivity index (χ3n) is 3.90. The number of nitrogens with zero attached hydrogens (tertiary/aromatic N) is 4. The monoisotopic (exact) mass is 315 g/mol. The number of nitrogens with one attached hydrogen (secondary N) is 1. The second-order valence-electron chi connectivity index (χ2n) is 5.62. The van der Waals surface area contributed by atoms with Gasteiger partial charge in [-0.1, -0.05) is 0 Å². The summed E-state index contributed by atoms with van der Waals surface area (Å²) in [5.74, 6) is -0.661. The number of imidazole rings is 1.